The van der Waals surface area contributed by atoms with Gasteiger partial charge in [-0.3, -0.25) is 0 Å². The molecule has 2 aliphatic heterocycles. The highest BCUT2D eigenvalue weighted by Crippen LogP contribution is 2.47. The van der Waals surface area contributed by atoms with Crippen LogP contribution in [0.1, 0.15) is 69.7 Å². The Labute approximate surface area is 234 Å². The number of terminal acetylenes is 1. The number of nitriles is 2. The number of allylic oxidation sites excluding steroid dienone is 2. The highest BCUT2D eigenvalue weighted by molar-refractivity contribution is 6.58. The lowest BCUT2D eigenvalue weighted by atomic mass is 9.81. The van der Waals surface area contributed by atoms with Crippen LogP contribution < -0.4 is 0 Å². The van der Waals surface area contributed by atoms with Crippen LogP contribution in [0.5, 0.6) is 0 Å². The van der Waals surface area contributed by atoms with E-state index < -0.39 is 6.97 Å². The molecule has 1 aromatic heterocycles. The Hall–Kier alpha value is -4.67. The number of fused-ring (bicyclic) bond motifs is 2. The summed E-state index contributed by atoms with van der Waals surface area (Å²) in [7, 11) is 0. The first kappa shape index (κ1) is 26.9. The highest BCUT2D eigenvalue weighted by atomic mass is 19.2. The minimum absolute atomic E-state index is 0.220. The maximum atomic E-state index is 16.4. The third-order valence-corrected chi connectivity index (χ3v) is 8.48. The third kappa shape index (κ3) is 3.39. The molecule has 2 aromatic carbocycles. The van der Waals surface area contributed by atoms with Crippen molar-refractivity contribution in [2.24, 2.45) is 0 Å². The van der Waals surface area contributed by atoms with Gasteiger partial charge < -0.3 is 17.6 Å². The van der Waals surface area contributed by atoms with E-state index in [1.807, 2.05) is 52.0 Å². The predicted octanol–water partition coefficient (Wildman–Crippen LogP) is 7.18. The second-order valence-electron chi connectivity index (χ2n) is 10.9. The highest BCUT2D eigenvalue weighted by Gasteiger charge is 2.57. The van der Waals surface area contributed by atoms with Crippen molar-refractivity contribution in [2.45, 2.75) is 55.4 Å². The Bertz CT molecular complexity index is 1880. The van der Waals surface area contributed by atoms with Crippen molar-refractivity contribution in [1.82, 2.24) is 4.48 Å². The maximum absolute atomic E-state index is 16.4. The molecule has 0 bridgehead atoms. The Morgan fingerprint density at radius 3 is 1.82 bits per heavy atom. The fourth-order valence-corrected chi connectivity index (χ4v) is 6.88. The fourth-order valence-electron chi connectivity index (χ4n) is 6.88. The molecule has 3 aromatic rings. The SMILES string of the molecule is C#Cc1cc(C)c(-c2c(C)cc(C3=C4C(C)=C(C#N)C(C)=[N+]4[B-](F)(F)n4c(C)c(C#N)c(C)c43)cc2C)c(C)c1. The maximum Gasteiger partial charge on any atom is 0.737 e. The summed E-state index contributed by atoms with van der Waals surface area (Å²) < 4.78 is 34.8. The van der Waals surface area contributed by atoms with E-state index >= 15 is 8.63 Å². The Balaban J connectivity index is 1.91. The van der Waals surface area contributed by atoms with Crippen molar-refractivity contribution in [3.63, 3.8) is 0 Å². The Kier molecular flexibility index (Phi) is 6.02. The molecule has 0 saturated heterocycles. The summed E-state index contributed by atoms with van der Waals surface area (Å²) in [4.78, 5) is 0. The minimum Gasteiger partial charge on any atom is -0.392 e. The summed E-state index contributed by atoms with van der Waals surface area (Å²) in [6.07, 6.45) is 5.66. The molecule has 2 aliphatic rings. The molecule has 0 fully saturated rings. The number of hydrogen-bond acceptors (Lipinski definition) is 2. The van der Waals surface area contributed by atoms with Gasteiger partial charge in [0.15, 0.2) is 11.4 Å². The molecule has 0 unspecified atom stereocenters. The van der Waals surface area contributed by atoms with Crippen LogP contribution in [-0.2, 0) is 0 Å². The average Bonchev–Trinajstić information content (AvgIpc) is 3.29. The van der Waals surface area contributed by atoms with Gasteiger partial charge in [0.25, 0.3) is 0 Å². The van der Waals surface area contributed by atoms with Gasteiger partial charge in [0.1, 0.15) is 17.7 Å². The molecule has 0 aliphatic carbocycles. The van der Waals surface area contributed by atoms with Crippen molar-refractivity contribution < 1.29 is 13.1 Å². The van der Waals surface area contributed by atoms with Gasteiger partial charge in [0.05, 0.1) is 11.1 Å². The first-order chi connectivity index (χ1) is 18.8. The Morgan fingerprint density at radius 1 is 0.825 bits per heavy atom. The van der Waals surface area contributed by atoms with Crippen LogP contribution in [0.4, 0.5) is 8.63 Å². The van der Waals surface area contributed by atoms with E-state index in [1.54, 1.807) is 27.7 Å². The number of halogens is 2. The molecule has 5 rings (SSSR count). The molecule has 0 N–H and O–H groups in total. The molecule has 0 radical (unpaired) electrons. The van der Waals surface area contributed by atoms with E-state index in [1.165, 1.54) is 0 Å². The van der Waals surface area contributed by atoms with Gasteiger partial charge in [-0.05, 0) is 105 Å². The van der Waals surface area contributed by atoms with Gasteiger partial charge in [0, 0.05) is 29.4 Å². The monoisotopic (exact) mass is 530 g/mol. The molecule has 3 heterocycles. The number of rotatable bonds is 2. The molecular weight excluding hydrogens is 501 g/mol. The summed E-state index contributed by atoms with van der Waals surface area (Å²) in [6, 6.07) is 12.3. The van der Waals surface area contributed by atoms with Crippen molar-refractivity contribution in [3.8, 4) is 35.6 Å². The molecule has 0 atom stereocenters. The van der Waals surface area contributed by atoms with Crippen molar-refractivity contribution in [3.05, 3.63) is 97.0 Å². The third-order valence-electron chi connectivity index (χ3n) is 8.48. The van der Waals surface area contributed by atoms with Gasteiger partial charge in [-0.15, -0.1) is 6.42 Å². The summed E-state index contributed by atoms with van der Waals surface area (Å²) in [6.45, 7) is 10.4. The van der Waals surface area contributed by atoms with Gasteiger partial charge >= 0.3 is 6.97 Å². The summed E-state index contributed by atoms with van der Waals surface area (Å²) in [5, 5.41) is 19.8. The molecule has 0 saturated carbocycles. The lowest BCUT2D eigenvalue weighted by Crippen LogP contribution is -2.51. The Morgan fingerprint density at radius 2 is 1.35 bits per heavy atom. The molecule has 40 heavy (non-hydrogen) atoms. The molecular formula is C33H29BF2N4. The van der Waals surface area contributed by atoms with Gasteiger partial charge in [-0.25, -0.2) is 0 Å². The van der Waals surface area contributed by atoms with Crippen LogP contribution >= 0.6 is 0 Å². The standard InChI is InChI=1S/C33H29BF2N4/c1-10-25-11-17(2)29(18(3)12-25)30-19(4)13-26(14-20(30)5)31-32-21(6)27(15-37)23(8)39(32)34(35,36)40-24(9)28(16-38)22(7)33(31)40/h1,11-14H,2-9H3. The molecule has 0 spiro atoms. The predicted molar refractivity (Wildman–Crippen MR) is 156 cm³/mol. The first-order valence-electron chi connectivity index (χ1n) is 13.1. The largest absolute Gasteiger partial charge is 0.737 e. The number of aromatic nitrogens is 1. The normalized spacial score (nSPS) is 15.6. The summed E-state index contributed by atoms with van der Waals surface area (Å²) in [5.41, 5.74) is 11.1. The fraction of sp³-hybridized carbons (Fsp3) is 0.242. The number of benzene rings is 2. The zero-order valence-electron chi connectivity index (χ0n) is 24.0. The van der Waals surface area contributed by atoms with E-state index in [-0.39, 0.29) is 22.5 Å². The molecule has 0 amide bonds. The molecule has 7 heteroatoms. The van der Waals surface area contributed by atoms with E-state index in [0.717, 1.165) is 53.5 Å². The van der Waals surface area contributed by atoms with Crippen LogP contribution in [-0.4, -0.2) is 21.6 Å². The minimum atomic E-state index is -4.34. The van der Waals surface area contributed by atoms with Crippen molar-refractivity contribution in [1.29, 1.82) is 10.5 Å². The topological polar surface area (TPSA) is 55.5 Å². The van der Waals surface area contributed by atoms with E-state index in [9.17, 15) is 10.5 Å². The van der Waals surface area contributed by atoms with Crippen molar-refractivity contribution >= 4 is 18.3 Å². The van der Waals surface area contributed by atoms with Crippen LogP contribution in [0.25, 0.3) is 16.7 Å². The van der Waals surface area contributed by atoms with E-state index in [4.69, 9.17) is 6.42 Å². The first-order valence-corrected chi connectivity index (χ1v) is 13.1. The van der Waals surface area contributed by atoms with Crippen LogP contribution in [0.3, 0.4) is 0 Å². The van der Waals surface area contributed by atoms with Gasteiger partial charge in [0.2, 0.25) is 0 Å². The van der Waals surface area contributed by atoms with Gasteiger partial charge in [-0.1, -0.05) is 18.1 Å². The lowest BCUT2D eigenvalue weighted by molar-refractivity contribution is -0.363. The molecule has 198 valence electrons. The second kappa shape index (κ2) is 8.94. The zero-order valence-corrected chi connectivity index (χ0v) is 24.0. The number of aryl methyl sites for hydroxylation is 4. The van der Waals surface area contributed by atoms with E-state index in [2.05, 4.69) is 18.1 Å². The quantitative estimate of drug-likeness (QED) is 0.260. The average molecular weight is 530 g/mol. The lowest BCUT2D eigenvalue weighted by Gasteiger charge is -2.34. The number of nitrogens with zero attached hydrogens (tertiary/aromatic N) is 4. The second-order valence-corrected chi connectivity index (χ2v) is 10.9. The number of hydrogen-bond donors (Lipinski definition) is 0. The van der Waals surface area contributed by atoms with E-state index in [0.29, 0.717) is 28.1 Å². The van der Waals surface area contributed by atoms with Crippen LogP contribution in [0.15, 0.2) is 41.1 Å². The zero-order chi connectivity index (χ0) is 29.4. The summed E-state index contributed by atoms with van der Waals surface area (Å²) >= 11 is 0. The molecule has 4 nitrogen and oxygen atoms in total. The van der Waals surface area contributed by atoms with Crippen LogP contribution in [0, 0.1) is 76.5 Å². The smallest absolute Gasteiger partial charge is 0.392 e. The summed E-state index contributed by atoms with van der Waals surface area (Å²) in [5.74, 6) is 2.71. The van der Waals surface area contributed by atoms with Crippen LogP contribution in [0.2, 0.25) is 0 Å². The van der Waals surface area contributed by atoms with Gasteiger partial charge in [-0.2, -0.15) is 10.5 Å². The van der Waals surface area contributed by atoms with Crippen molar-refractivity contribution in [2.75, 3.05) is 0 Å².